The maximum atomic E-state index is 4.54. The summed E-state index contributed by atoms with van der Waals surface area (Å²) in [6, 6.07) is 0. The van der Waals surface area contributed by atoms with Crippen LogP contribution in [-0.4, -0.2) is 19.2 Å². The third-order valence-corrected chi connectivity index (χ3v) is 0.789. The van der Waals surface area contributed by atoms with E-state index < -0.39 is 0 Å². The summed E-state index contributed by atoms with van der Waals surface area (Å²) >= 11 is 0. The number of rotatable bonds is 2. The van der Waals surface area contributed by atoms with Crippen molar-refractivity contribution < 1.29 is 10.2 Å². The van der Waals surface area contributed by atoms with E-state index in [1.165, 1.54) is 19.3 Å². The molecule has 14 heavy (non-hydrogen) atoms. The van der Waals surface area contributed by atoms with Gasteiger partial charge in [0, 0.05) is 13.7 Å². The fraction of sp³-hybridized carbons (Fsp3) is 0.833. The molecular weight excluding hydrogens is 176 g/mol. The van der Waals surface area contributed by atoms with Gasteiger partial charge in [0.05, 0.1) is 0 Å². The number of methoxy groups -OCH3 is 1. The van der Waals surface area contributed by atoms with Crippen molar-refractivity contribution in [2.24, 2.45) is 0 Å². The van der Waals surface area contributed by atoms with E-state index in [2.05, 4.69) is 45.6 Å². The number of unbranched alkanes of at least 4 members (excludes halogenated alkanes) is 1. The van der Waals surface area contributed by atoms with Crippen LogP contribution in [0.5, 0.6) is 0 Å². The highest BCUT2D eigenvalue weighted by Crippen LogP contribution is 1.76. The van der Waals surface area contributed by atoms with Gasteiger partial charge in [-0.05, 0) is 6.92 Å². The van der Waals surface area contributed by atoms with Crippen molar-refractivity contribution in [1.82, 2.24) is 0 Å². The fourth-order valence-corrected chi connectivity index (χ4v) is 0. The Kier molecular flexibility index (Phi) is 165. The molecule has 2 heteroatoms. The van der Waals surface area contributed by atoms with E-state index in [0.717, 1.165) is 6.61 Å². The van der Waals surface area contributed by atoms with Gasteiger partial charge in [-0.25, -0.2) is 0 Å². The van der Waals surface area contributed by atoms with Crippen LogP contribution in [0.2, 0.25) is 0 Å². The molecule has 0 aliphatic rings. The van der Waals surface area contributed by atoms with Gasteiger partial charge in [0.2, 0.25) is 0 Å². The van der Waals surface area contributed by atoms with Gasteiger partial charge in [-0.2, -0.15) is 0 Å². The van der Waals surface area contributed by atoms with Crippen LogP contribution in [0.25, 0.3) is 0 Å². The van der Waals surface area contributed by atoms with Crippen LogP contribution in [-0.2, 0) is 4.74 Å². The van der Waals surface area contributed by atoms with Gasteiger partial charge in [-0.3, -0.25) is 0 Å². The molecule has 0 radical (unpaired) electrons. The third kappa shape index (κ3) is 481. The Hall–Kier alpha value is -0.340. The molecule has 0 aromatic carbocycles. The molecule has 92 valence electrons. The highest BCUT2D eigenvalue weighted by Gasteiger charge is 1.56. The second-order valence-corrected chi connectivity index (χ2v) is 2.28. The van der Waals surface area contributed by atoms with Gasteiger partial charge >= 0.3 is 0 Å². The first kappa shape index (κ1) is 29.2. The van der Waals surface area contributed by atoms with E-state index in [-0.39, 0.29) is 5.48 Å². The van der Waals surface area contributed by atoms with Crippen LogP contribution < -0.4 is 0 Å². The SMILES string of the molecule is C=C.CCC.CCCC.CCOC.O. The fourth-order valence-electron chi connectivity index (χ4n) is 0. The van der Waals surface area contributed by atoms with Crippen molar-refractivity contribution in [2.45, 2.75) is 53.9 Å². The van der Waals surface area contributed by atoms with Crippen molar-refractivity contribution in [1.29, 1.82) is 0 Å². The molecule has 0 aromatic heterocycles. The Morgan fingerprint density at radius 1 is 0.857 bits per heavy atom. The Bertz CT molecular complexity index is 31.3. The predicted molar refractivity (Wildman–Crippen MR) is 69.0 cm³/mol. The molecule has 0 unspecified atom stereocenters. The van der Waals surface area contributed by atoms with Crippen molar-refractivity contribution in [3.8, 4) is 0 Å². The summed E-state index contributed by atoms with van der Waals surface area (Å²) in [5.41, 5.74) is 0. The lowest BCUT2D eigenvalue weighted by atomic mass is 10.4. The average molecular weight is 208 g/mol. The molecule has 0 aliphatic carbocycles. The molecule has 2 N–H and O–H groups in total. The Balaban J connectivity index is -0.0000000260. The molecule has 0 saturated carbocycles. The molecule has 0 rings (SSSR count). The minimum absolute atomic E-state index is 0. The minimum Gasteiger partial charge on any atom is -0.412 e. The lowest BCUT2D eigenvalue weighted by Crippen LogP contribution is -1.73. The van der Waals surface area contributed by atoms with E-state index in [1.807, 2.05) is 6.92 Å². The van der Waals surface area contributed by atoms with Crippen molar-refractivity contribution in [3.63, 3.8) is 0 Å². The number of ether oxygens (including phenoxy) is 1. The number of hydrogen-bond acceptors (Lipinski definition) is 1. The average Bonchev–Trinajstić information content (AvgIpc) is 2.22. The lowest BCUT2D eigenvalue weighted by Gasteiger charge is -1.76. The smallest absolute Gasteiger partial charge is 0.0433 e. The molecule has 2 nitrogen and oxygen atoms in total. The minimum atomic E-state index is 0. The third-order valence-electron chi connectivity index (χ3n) is 0.789. The first-order chi connectivity index (χ1) is 6.24. The van der Waals surface area contributed by atoms with E-state index in [4.69, 9.17) is 0 Å². The van der Waals surface area contributed by atoms with E-state index in [0.29, 0.717) is 0 Å². The van der Waals surface area contributed by atoms with E-state index >= 15 is 0 Å². The zero-order chi connectivity index (χ0) is 11.5. The first-order valence-corrected chi connectivity index (χ1v) is 5.23. The number of hydrogen-bond donors (Lipinski definition) is 0. The summed E-state index contributed by atoms with van der Waals surface area (Å²) in [4.78, 5) is 0. The summed E-state index contributed by atoms with van der Waals surface area (Å²) < 4.78 is 4.54. The Labute approximate surface area is 91.7 Å². The maximum Gasteiger partial charge on any atom is 0.0433 e. The van der Waals surface area contributed by atoms with Gasteiger partial charge in [0.25, 0.3) is 0 Å². The van der Waals surface area contributed by atoms with Gasteiger partial charge in [0.1, 0.15) is 0 Å². The standard InChI is InChI=1S/C4H10.C3H8O.C3H8.C2H4.H2O/c2*1-3-4-2;1-3-2;1-2;/h3-4H2,1-2H3;3H2,1-2H3;3H2,1-2H3;1-2H2;1H2. The Morgan fingerprint density at radius 2 is 1.00 bits per heavy atom. The highest BCUT2D eigenvalue weighted by molar-refractivity contribution is 4.22. The quantitative estimate of drug-likeness (QED) is 0.635. The molecule has 0 aromatic rings. The van der Waals surface area contributed by atoms with Crippen molar-refractivity contribution >= 4 is 0 Å². The monoisotopic (exact) mass is 208 g/mol. The topological polar surface area (TPSA) is 40.7 Å². The molecule has 0 heterocycles. The molecule has 0 atom stereocenters. The molecule has 0 aliphatic heterocycles. The van der Waals surface area contributed by atoms with Crippen molar-refractivity contribution in [3.05, 3.63) is 13.2 Å². The molecule has 0 spiro atoms. The van der Waals surface area contributed by atoms with Gasteiger partial charge < -0.3 is 10.2 Å². The van der Waals surface area contributed by atoms with E-state index in [1.54, 1.807) is 7.11 Å². The van der Waals surface area contributed by atoms with Crippen LogP contribution >= 0.6 is 0 Å². The summed E-state index contributed by atoms with van der Waals surface area (Å²) in [6.45, 7) is 17.4. The van der Waals surface area contributed by atoms with E-state index in [9.17, 15) is 0 Å². The summed E-state index contributed by atoms with van der Waals surface area (Å²) in [6.07, 6.45) is 3.89. The second kappa shape index (κ2) is 79.3. The van der Waals surface area contributed by atoms with Gasteiger partial charge in [0.15, 0.2) is 0 Å². The van der Waals surface area contributed by atoms with Crippen LogP contribution in [0.15, 0.2) is 13.2 Å². The molecular formula is C12H32O2. The van der Waals surface area contributed by atoms with Crippen molar-refractivity contribution in [2.75, 3.05) is 13.7 Å². The molecule has 0 amide bonds. The van der Waals surface area contributed by atoms with Crippen LogP contribution in [0.3, 0.4) is 0 Å². The first-order valence-electron chi connectivity index (χ1n) is 5.23. The highest BCUT2D eigenvalue weighted by atomic mass is 16.5. The Morgan fingerprint density at radius 3 is 1.00 bits per heavy atom. The molecule has 0 fully saturated rings. The van der Waals surface area contributed by atoms with Gasteiger partial charge in [-0.15, -0.1) is 13.2 Å². The summed E-state index contributed by atoms with van der Waals surface area (Å²) in [7, 11) is 1.68. The zero-order valence-electron chi connectivity index (χ0n) is 11.2. The zero-order valence-corrected chi connectivity index (χ0v) is 11.2. The lowest BCUT2D eigenvalue weighted by molar-refractivity contribution is 0.215. The van der Waals surface area contributed by atoms with Crippen LogP contribution in [0.4, 0.5) is 0 Å². The van der Waals surface area contributed by atoms with Gasteiger partial charge in [-0.1, -0.05) is 47.0 Å². The maximum absolute atomic E-state index is 4.54. The molecule has 0 bridgehead atoms. The predicted octanol–water partition coefficient (Wildman–Crippen LogP) is 3.85. The summed E-state index contributed by atoms with van der Waals surface area (Å²) in [5, 5.41) is 0. The summed E-state index contributed by atoms with van der Waals surface area (Å²) in [5.74, 6) is 0. The largest absolute Gasteiger partial charge is 0.412 e. The van der Waals surface area contributed by atoms with Crippen LogP contribution in [0.1, 0.15) is 53.9 Å². The normalized spacial score (nSPS) is 5.86. The molecule has 0 saturated heterocycles. The second-order valence-electron chi connectivity index (χ2n) is 2.28. The van der Waals surface area contributed by atoms with Crippen LogP contribution in [0, 0.1) is 0 Å².